The Balaban J connectivity index is 1.70. The SMILES string of the molecule is COc1cc(C2(O)OC(=O)C(c3ccc4nsnc4c3)=C2CC2CCCC2)cc(OC)c1OC. The van der Waals surface area contributed by atoms with Crippen LogP contribution in [0.15, 0.2) is 35.9 Å². The number of esters is 1. The van der Waals surface area contributed by atoms with E-state index in [1.807, 2.05) is 18.2 Å². The van der Waals surface area contributed by atoms with Gasteiger partial charge in [-0.3, -0.25) is 0 Å². The molecule has 2 aliphatic rings. The zero-order valence-electron chi connectivity index (χ0n) is 19.3. The summed E-state index contributed by atoms with van der Waals surface area (Å²) in [4.78, 5) is 13.3. The van der Waals surface area contributed by atoms with E-state index in [0.29, 0.717) is 57.4 Å². The van der Waals surface area contributed by atoms with E-state index in [-0.39, 0.29) is 0 Å². The molecule has 1 N–H and O–H groups in total. The minimum Gasteiger partial charge on any atom is -0.493 e. The van der Waals surface area contributed by atoms with Crippen molar-refractivity contribution in [3.63, 3.8) is 0 Å². The molecule has 0 saturated heterocycles. The lowest BCUT2D eigenvalue weighted by Gasteiger charge is -2.28. The van der Waals surface area contributed by atoms with E-state index < -0.39 is 11.8 Å². The molecule has 1 fully saturated rings. The van der Waals surface area contributed by atoms with Gasteiger partial charge in [-0.25, -0.2) is 4.79 Å². The van der Waals surface area contributed by atoms with Crippen LogP contribution in [0.4, 0.5) is 0 Å². The highest BCUT2D eigenvalue weighted by Crippen LogP contribution is 2.50. The van der Waals surface area contributed by atoms with Crippen LogP contribution in [-0.4, -0.2) is 41.2 Å². The van der Waals surface area contributed by atoms with Crippen LogP contribution in [0.25, 0.3) is 16.6 Å². The molecular weight excluding hydrogens is 456 g/mol. The second-order valence-electron chi connectivity index (χ2n) is 8.62. The first-order chi connectivity index (χ1) is 16.5. The van der Waals surface area contributed by atoms with Gasteiger partial charge in [0.2, 0.25) is 5.75 Å². The molecule has 2 aromatic carbocycles. The van der Waals surface area contributed by atoms with Crippen molar-refractivity contribution in [3.8, 4) is 17.2 Å². The first kappa shape index (κ1) is 22.6. The van der Waals surface area contributed by atoms with Gasteiger partial charge >= 0.3 is 5.97 Å². The second-order valence-corrected chi connectivity index (χ2v) is 9.15. The molecule has 1 saturated carbocycles. The number of hydrogen-bond acceptors (Lipinski definition) is 9. The lowest BCUT2D eigenvalue weighted by atomic mass is 9.85. The van der Waals surface area contributed by atoms with Gasteiger partial charge in [-0.05, 0) is 42.2 Å². The molecule has 34 heavy (non-hydrogen) atoms. The van der Waals surface area contributed by atoms with E-state index in [1.54, 1.807) is 12.1 Å². The fraction of sp³-hybridized carbons (Fsp3) is 0.400. The minimum absolute atomic E-state index is 0.342. The molecule has 1 aromatic heterocycles. The number of methoxy groups -OCH3 is 3. The Hall–Kier alpha value is -3.17. The van der Waals surface area contributed by atoms with Crippen molar-refractivity contribution in [2.24, 2.45) is 5.92 Å². The maximum atomic E-state index is 13.3. The van der Waals surface area contributed by atoms with Crippen molar-refractivity contribution in [2.75, 3.05) is 21.3 Å². The zero-order chi connectivity index (χ0) is 23.9. The van der Waals surface area contributed by atoms with Gasteiger partial charge in [0, 0.05) is 11.1 Å². The third-order valence-corrected chi connectivity index (χ3v) is 7.28. The van der Waals surface area contributed by atoms with Crippen LogP contribution >= 0.6 is 11.7 Å². The molecule has 1 unspecified atom stereocenters. The van der Waals surface area contributed by atoms with Crippen molar-refractivity contribution < 1.29 is 28.8 Å². The molecule has 1 aliphatic carbocycles. The Morgan fingerprint density at radius 1 is 1.03 bits per heavy atom. The number of rotatable bonds is 7. The maximum Gasteiger partial charge on any atom is 0.341 e. The third kappa shape index (κ3) is 3.69. The number of fused-ring (bicyclic) bond motifs is 1. The summed E-state index contributed by atoms with van der Waals surface area (Å²) in [5.74, 6) is -1.05. The number of hydrogen-bond donors (Lipinski definition) is 1. The summed E-state index contributed by atoms with van der Waals surface area (Å²) in [5.41, 5.74) is 3.37. The van der Waals surface area contributed by atoms with Crippen molar-refractivity contribution in [1.82, 2.24) is 8.75 Å². The second kappa shape index (κ2) is 8.88. The third-order valence-electron chi connectivity index (χ3n) is 6.72. The average molecular weight is 483 g/mol. The number of ether oxygens (including phenoxy) is 4. The molecule has 0 radical (unpaired) electrons. The molecule has 2 heterocycles. The molecule has 8 nitrogen and oxygen atoms in total. The van der Waals surface area contributed by atoms with Crippen LogP contribution in [0.3, 0.4) is 0 Å². The molecule has 3 aromatic rings. The Morgan fingerprint density at radius 3 is 2.35 bits per heavy atom. The molecule has 0 bridgehead atoms. The topological polar surface area (TPSA) is 100 Å². The number of benzene rings is 2. The van der Waals surface area contributed by atoms with E-state index in [0.717, 1.165) is 42.9 Å². The molecule has 1 atom stereocenters. The number of aromatic nitrogens is 2. The van der Waals surface area contributed by atoms with Gasteiger partial charge in [-0.15, -0.1) is 0 Å². The zero-order valence-corrected chi connectivity index (χ0v) is 20.1. The Bertz CT molecular complexity index is 1250. The van der Waals surface area contributed by atoms with Crippen LogP contribution in [0.1, 0.15) is 43.2 Å². The molecular formula is C25H26N2O6S. The van der Waals surface area contributed by atoms with Crippen molar-refractivity contribution in [2.45, 2.75) is 37.9 Å². The van der Waals surface area contributed by atoms with Gasteiger partial charge in [0.1, 0.15) is 11.0 Å². The molecule has 5 rings (SSSR count). The normalized spacial score (nSPS) is 20.8. The predicted octanol–water partition coefficient (Wildman–Crippen LogP) is 4.45. The van der Waals surface area contributed by atoms with Gasteiger partial charge in [-0.1, -0.05) is 31.7 Å². The number of carbonyl (C=O) groups excluding carboxylic acids is 1. The van der Waals surface area contributed by atoms with Crippen molar-refractivity contribution in [3.05, 3.63) is 47.0 Å². The quantitative estimate of drug-likeness (QED) is 0.493. The first-order valence-corrected chi connectivity index (χ1v) is 11.9. The molecule has 0 amide bonds. The molecule has 1 aliphatic heterocycles. The van der Waals surface area contributed by atoms with Crippen LogP contribution in [0, 0.1) is 5.92 Å². The van der Waals surface area contributed by atoms with E-state index in [4.69, 9.17) is 18.9 Å². The lowest BCUT2D eigenvalue weighted by Crippen LogP contribution is -2.30. The van der Waals surface area contributed by atoms with E-state index >= 15 is 0 Å². The summed E-state index contributed by atoms with van der Waals surface area (Å²) >= 11 is 1.12. The van der Waals surface area contributed by atoms with Crippen LogP contribution in [0.2, 0.25) is 0 Å². The summed E-state index contributed by atoms with van der Waals surface area (Å²) < 4.78 is 30.7. The van der Waals surface area contributed by atoms with Gasteiger partial charge in [-0.2, -0.15) is 8.75 Å². The fourth-order valence-electron chi connectivity index (χ4n) is 5.02. The Kier molecular flexibility index (Phi) is 5.91. The monoisotopic (exact) mass is 482 g/mol. The highest BCUT2D eigenvalue weighted by molar-refractivity contribution is 7.00. The minimum atomic E-state index is -1.96. The van der Waals surface area contributed by atoms with Crippen LogP contribution in [0.5, 0.6) is 17.2 Å². The first-order valence-electron chi connectivity index (χ1n) is 11.2. The average Bonchev–Trinajstić information content (AvgIpc) is 3.58. The standard InChI is InChI=1S/C25H26N2O6S/c1-30-20-12-16(13-21(31-2)23(20)32-3)25(29)17(10-14-6-4-5-7-14)22(24(28)33-25)15-8-9-18-19(11-15)27-34-26-18/h8-9,11-14,29H,4-7,10H2,1-3H3. The van der Waals surface area contributed by atoms with Gasteiger partial charge < -0.3 is 24.1 Å². The highest BCUT2D eigenvalue weighted by Gasteiger charge is 2.49. The van der Waals surface area contributed by atoms with Gasteiger partial charge in [0.25, 0.3) is 5.79 Å². The summed E-state index contributed by atoms with van der Waals surface area (Å²) in [5, 5.41) is 12.0. The van der Waals surface area contributed by atoms with Gasteiger partial charge in [0.05, 0.1) is 38.6 Å². The summed E-state index contributed by atoms with van der Waals surface area (Å²) in [6, 6.07) is 8.74. The number of carbonyl (C=O) groups is 1. The highest BCUT2D eigenvalue weighted by atomic mass is 32.1. The summed E-state index contributed by atoms with van der Waals surface area (Å²) in [6.45, 7) is 0. The van der Waals surface area contributed by atoms with Crippen molar-refractivity contribution >= 4 is 34.3 Å². The fourth-order valence-corrected chi connectivity index (χ4v) is 5.54. The molecule has 0 spiro atoms. The Labute approximate surface area is 201 Å². The van der Waals surface area contributed by atoms with E-state index in [9.17, 15) is 9.90 Å². The summed E-state index contributed by atoms with van der Waals surface area (Å²) in [6.07, 6.45) is 4.92. The summed E-state index contributed by atoms with van der Waals surface area (Å²) in [7, 11) is 4.52. The smallest absolute Gasteiger partial charge is 0.341 e. The van der Waals surface area contributed by atoms with E-state index in [1.165, 1.54) is 21.3 Å². The number of nitrogens with zero attached hydrogens (tertiary/aromatic N) is 2. The van der Waals surface area contributed by atoms with Crippen LogP contribution in [-0.2, 0) is 15.3 Å². The largest absolute Gasteiger partial charge is 0.493 e. The van der Waals surface area contributed by atoms with E-state index in [2.05, 4.69) is 8.75 Å². The molecule has 178 valence electrons. The maximum absolute atomic E-state index is 13.3. The van der Waals surface area contributed by atoms with Gasteiger partial charge in [0.15, 0.2) is 11.5 Å². The Morgan fingerprint density at radius 2 is 1.71 bits per heavy atom. The molecule has 9 heteroatoms. The van der Waals surface area contributed by atoms with Crippen molar-refractivity contribution in [1.29, 1.82) is 0 Å². The number of cyclic esters (lactones) is 1. The number of aliphatic hydroxyl groups is 1. The predicted molar refractivity (Wildman–Crippen MR) is 127 cm³/mol. The lowest BCUT2D eigenvalue weighted by molar-refractivity contribution is -0.185. The van der Waals surface area contributed by atoms with Crippen LogP contribution < -0.4 is 14.2 Å².